The van der Waals surface area contributed by atoms with Gasteiger partial charge < -0.3 is 10.3 Å². The molecule has 1 unspecified atom stereocenters. The van der Waals surface area contributed by atoms with Gasteiger partial charge in [-0.15, -0.1) is 0 Å². The number of rotatable bonds is 1. The van der Waals surface area contributed by atoms with Gasteiger partial charge >= 0.3 is 5.97 Å². The predicted octanol–water partition coefficient (Wildman–Crippen LogP) is 3.91. The Morgan fingerprint density at radius 3 is 2.10 bits per heavy atom. The zero-order valence-electron chi connectivity index (χ0n) is 13.6. The third-order valence-corrected chi connectivity index (χ3v) is 5.25. The minimum absolute atomic E-state index is 0.106. The maximum Gasteiger partial charge on any atom is 0.335 e. The molecule has 1 saturated heterocycles. The smallest absolute Gasteiger partial charge is 0.335 e. The van der Waals surface area contributed by atoms with Crippen LogP contribution < -0.4 is 0 Å². The van der Waals surface area contributed by atoms with Gasteiger partial charge in [0.15, 0.2) is 0 Å². The van der Waals surface area contributed by atoms with Crippen molar-refractivity contribution in [2.45, 2.75) is 46.6 Å². The van der Waals surface area contributed by atoms with Crippen LogP contribution in [0.15, 0.2) is 30.3 Å². The lowest BCUT2D eigenvalue weighted by Crippen LogP contribution is -2.59. The molecule has 0 bridgehead atoms. The maximum atomic E-state index is 10.2. The molecule has 1 heterocycles. The number of benzene rings is 1. The van der Waals surface area contributed by atoms with Crippen LogP contribution in [0.2, 0.25) is 0 Å². The molecule has 1 aliphatic heterocycles. The molecule has 0 aromatic heterocycles. The Hall–Kier alpha value is -1.39. The molecule has 0 aliphatic carbocycles. The van der Waals surface area contributed by atoms with Gasteiger partial charge in [0.1, 0.15) is 0 Å². The lowest BCUT2D eigenvalue weighted by Gasteiger charge is -2.53. The number of piperidine rings is 1. The molecule has 2 N–H and O–H groups in total. The number of carbonyl (C=O) groups is 1. The predicted molar refractivity (Wildman–Crippen MR) is 83.5 cm³/mol. The number of carboxylic acid groups (broad SMARTS) is 1. The van der Waals surface area contributed by atoms with Gasteiger partial charge in [0.05, 0.1) is 5.56 Å². The van der Waals surface area contributed by atoms with Crippen LogP contribution in [0.25, 0.3) is 0 Å². The molecule has 1 aromatic rings. The summed E-state index contributed by atoms with van der Waals surface area (Å²) in [6, 6.07) is 8.30. The molecule has 0 saturated carbocycles. The SMILES string of the molecule is CC1CCN(O)C(C)(C)C1(C)C.O=C(O)c1ccccc1. The van der Waals surface area contributed by atoms with E-state index in [1.165, 1.54) is 5.06 Å². The van der Waals surface area contributed by atoms with Gasteiger partial charge in [0.2, 0.25) is 0 Å². The van der Waals surface area contributed by atoms with Gasteiger partial charge in [-0.1, -0.05) is 39.0 Å². The minimum atomic E-state index is -0.879. The van der Waals surface area contributed by atoms with E-state index in [9.17, 15) is 10.0 Å². The summed E-state index contributed by atoms with van der Waals surface area (Å²) in [6.45, 7) is 11.8. The molecule has 1 atom stereocenters. The van der Waals surface area contributed by atoms with Crippen LogP contribution in [-0.2, 0) is 0 Å². The largest absolute Gasteiger partial charge is 0.478 e. The fourth-order valence-corrected chi connectivity index (χ4v) is 2.47. The van der Waals surface area contributed by atoms with Crippen molar-refractivity contribution >= 4 is 5.97 Å². The second-order valence-electron chi connectivity index (χ2n) is 6.76. The van der Waals surface area contributed by atoms with Gasteiger partial charge in [-0.05, 0) is 43.7 Å². The minimum Gasteiger partial charge on any atom is -0.478 e. The topological polar surface area (TPSA) is 60.8 Å². The summed E-state index contributed by atoms with van der Waals surface area (Å²) in [7, 11) is 0. The molecule has 1 aromatic carbocycles. The Morgan fingerprint density at radius 2 is 1.71 bits per heavy atom. The number of carboxylic acids is 1. The highest BCUT2D eigenvalue weighted by Gasteiger charge is 2.47. The van der Waals surface area contributed by atoms with Crippen molar-refractivity contribution in [2.24, 2.45) is 11.3 Å². The zero-order valence-corrected chi connectivity index (χ0v) is 13.6. The van der Waals surface area contributed by atoms with E-state index in [1.807, 2.05) is 0 Å². The van der Waals surface area contributed by atoms with Crippen molar-refractivity contribution in [1.82, 2.24) is 5.06 Å². The fraction of sp³-hybridized carbons (Fsp3) is 0.588. The van der Waals surface area contributed by atoms with Crippen molar-refractivity contribution in [3.63, 3.8) is 0 Å². The van der Waals surface area contributed by atoms with E-state index in [4.69, 9.17) is 5.11 Å². The average molecular weight is 293 g/mol. The third-order valence-electron chi connectivity index (χ3n) is 5.25. The Kier molecular flexibility index (Phi) is 5.54. The molecular weight excluding hydrogens is 266 g/mol. The molecule has 0 radical (unpaired) electrons. The lowest BCUT2D eigenvalue weighted by molar-refractivity contribution is -0.231. The first-order valence-corrected chi connectivity index (χ1v) is 7.35. The van der Waals surface area contributed by atoms with Gasteiger partial charge in [-0.2, -0.15) is 5.06 Å². The quantitative estimate of drug-likeness (QED) is 0.824. The maximum absolute atomic E-state index is 10.2. The first kappa shape index (κ1) is 17.7. The second kappa shape index (κ2) is 6.58. The van der Waals surface area contributed by atoms with Gasteiger partial charge in [-0.25, -0.2) is 4.79 Å². The first-order valence-electron chi connectivity index (χ1n) is 7.35. The van der Waals surface area contributed by atoms with E-state index in [-0.39, 0.29) is 11.0 Å². The molecule has 0 amide bonds. The van der Waals surface area contributed by atoms with E-state index < -0.39 is 5.97 Å². The molecule has 1 fully saturated rings. The van der Waals surface area contributed by atoms with Crippen LogP contribution >= 0.6 is 0 Å². The first-order chi connectivity index (χ1) is 9.60. The molecule has 4 heteroatoms. The van der Waals surface area contributed by atoms with Crippen molar-refractivity contribution in [3.05, 3.63) is 35.9 Å². The van der Waals surface area contributed by atoms with E-state index >= 15 is 0 Å². The van der Waals surface area contributed by atoms with Crippen molar-refractivity contribution in [1.29, 1.82) is 0 Å². The van der Waals surface area contributed by atoms with E-state index in [0.717, 1.165) is 13.0 Å². The zero-order chi connectivity index (χ0) is 16.3. The fourth-order valence-electron chi connectivity index (χ4n) is 2.47. The van der Waals surface area contributed by atoms with Crippen LogP contribution in [0.5, 0.6) is 0 Å². The van der Waals surface area contributed by atoms with Crippen LogP contribution in [-0.4, -0.2) is 33.4 Å². The number of hydrogen-bond donors (Lipinski definition) is 2. The van der Waals surface area contributed by atoms with Gasteiger partial charge in [0.25, 0.3) is 0 Å². The molecule has 1 aliphatic rings. The van der Waals surface area contributed by atoms with Crippen LogP contribution in [0.4, 0.5) is 0 Å². The Bertz CT molecular complexity index is 448. The normalized spacial score (nSPS) is 23.8. The van der Waals surface area contributed by atoms with Gasteiger partial charge in [0, 0.05) is 12.1 Å². The van der Waals surface area contributed by atoms with Crippen molar-refractivity contribution in [2.75, 3.05) is 6.54 Å². The summed E-state index contributed by atoms with van der Waals surface area (Å²) >= 11 is 0. The third kappa shape index (κ3) is 3.83. The molecule has 21 heavy (non-hydrogen) atoms. The van der Waals surface area contributed by atoms with Crippen molar-refractivity contribution in [3.8, 4) is 0 Å². The number of hydroxylamine groups is 2. The summed E-state index contributed by atoms with van der Waals surface area (Å²) < 4.78 is 0. The molecule has 2 rings (SSSR count). The number of hydrogen-bond acceptors (Lipinski definition) is 3. The van der Waals surface area contributed by atoms with E-state index in [1.54, 1.807) is 30.3 Å². The standard InChI is InChI=1S/C10H21NO.C7H6O2/c1-8-6-7-11(12)10(4,5)9(8,2)3;8-7(9)6-4-2-1-3-5-6/h8,12H,6-7H2,1-5H3;1-5H,(H,8,9). The van der Waals surface area contributed by atoms with Crippen LogP contribution in [0.3, 0.4) is 0 Å². The highest BCUT2D eigenvalue weighted by Crippen LogP contribution is 2.45. The molecule has 4 nitrogen and oxygen atoms in total. The van der Waals surface area contributed by atoms with Gasteiger partial charge in [-0.3, -0.25) is 0 Å². The summed E-state index contributed by atoms with van der Waals surface area (Å²) in [5.41, 5.74) is 0.405. The monoisotopic (exact) mass is 293 g/mol. The highest BCUT2D eigenvalue weighted by atomic mass is 16.5. The Balaban J connectivity index is 0.000000219. The molecular formula is C17H27NO3. The molecule has 118 valence electrons. The summed E-state index contributed by atoms with van der Waals surface area (Å²) in [5, 5.41) is 19.6. The number of nitrogens with zero attached hydrogens (tertiary/aromatic N) is 1. The van der Waals surface area contributed by atoms with Crippen molar-refractivity contribution < 1.29 is 15.1 Å². The summed E-state index contributed by atoms with van der Waals surface area (Å²) in [4.78, 5) is 10.2. The Morgan fingerprint density at radius 1 is 1.19 bits per heavy atom. The second-order valence-corrected chi connectivity index (χ2v) is 6.76. The van der Waals surface area contributed by atoms with Crippen LogP contribution in [0.1, 0.15) is 51.4 Å². The Labute approximate surface area is 127 Å². The lowest BCUT2D eigenvalue weighted by atomic mass is 9.63. The van der Waals surface area contributed by atoms with E-state index in [0.29, 0.717) is 11.5 Å². The summed E-state index contributed by atoms with van der Waals surface area (Å²) in [6.07, 6.45) is 1.09. The molecule has 0 spiro atoms. The summed E-state index contributed by atoms with van der Waals surface area (Å²) in [5.74, 6) is -0.202. The highest BCUT2D eigenvalue weighted by molar-refractivity contribution is 5.87. The van der Waals surface area contributed by atoms with E-state index in [2.05, 4.69) is 34.6 Å². The number of aromatic carboxylic acids is 1. The van der Waals surface area contributed by atoms with Crippen LogP contribution in [0, 0.1) is 11.3 Å². The average Bonchev–Trinajstić information content (AvgIpc) is 2.44.